The van der Waals surface area contributed by atoms with Gasteiger partial charge in [-0.05, 0) is 18.6 Å². The Bertz CT molecular complexity index is 310. The van der Waals surface area contributed by atoms with Gasteiger partial charge in [0, 0.05) is 5.56 Å². The van der Waals surface area contributed by atoms with Gasteiger partial charge in [-0.15, -0.1) is 0 Å². The minimum Gasteiger partial charge on any atom is -0.399 e. The van der Waals surface area contributed by atoms with Crippen molar-refractivity contribution in [3.05, 3.63) is 35.6 Å². The molecule has 1 aromatic carbocycles. The van der Waals surface area contributed by atoms with Crippen LogP contribution >= 0.6 is 0 Å². The number of hydrogen-bond donors (Lipinski definition) is 0. The summed E-state index contributed by atoms with van der Waals surface area (Å²) in [6, 6.07) is 6.32. The second-order valence-electron chi connectivity index (χ2n) is 2.58. The Morgan fingerprint density at radius 1 is 1.54 bits per heavy atom. The predicted octanol–water partition coefficient (Wildman–Crippen LogP) is 2.59. The van der Waals surface area contributed by atoms with E-state index in [9.17, 15) is 4.39 Å². The van der Waals surface area contributed by atoms with Crippen LogP contribution in [-0.2, 0) is 4.84 Å². The molecule has 0 aliphatic heterocycles. The predicted molar refractivity (Wildman–Crippen MR) is 50.2 cm³/mol. The SMILES string of the molecule is CCC(=NOC)c1cccc(F)c1. The molecule has 0 aromatic heterocycles. The maximum absolute atomic E-state index is 12.8. The zero-order valence-corrected chi connectivity index (χ0v) is 7.75. The van der Waals surface area contributed by atoms with Crippen LogP contribution in [-0.4, -0.2) is 12.8 Å². The Balaban J connectivity index is 2.98. The first-order chi connectivity index (χ1) is 6.27. The molecule has 0 amide bonds. The summed E-state index contributed by atoms with van der Waals surface area (Å²) in [6.07, 6.45) is 0.720. The Kier molecular flexibility index (Phi) is 3.43. The van der Waals surface area contributed by atoms with Gasteiger partial charge in [-0.1, -0.05) is 24.2 Å². The molecule has 0 saturated heterocycles. The summed E-state index contributed by atoms with van der Waals surface area (Å²) in [5, 5.41) is 3.80. The van der Waals surface area contributed by atoms with Gasteiger partial charge < -0.3 is 4.84 Å². The standard InChI is InChI=1S/C10H12FNO/c1-3-10(12-13-2)8-5-4-6-9(11)7-8/h4-7H,3H2,1-2H3. The number of hydrogen-bond acceptors (Lipinski definition) is 2. The van der Waals surface area contributed by atoms with Crippen LogP contribution in [0.5, 0.6) is 0 Å². The monoisotopic (exact) mass is 181 g/mol. The molecule has 0 radical (unpaired) electrons. The van der Waals surface area contributed by atoms with Crippen LogP contribution in [0.3, 0.4) is 0 Å². The first-order valence-electron chi connectivity index (χ1n) is 4.14. The summed E-state index contributed by atoms with van der Waals surface area (Å²) in [4.78, 5) is 4.65. The van der Waals surface area contributed by atoms with Crippen molar-refractivity contribution in [1.29, 1.82) is 0 Å². The van der Waals surface area contributed by atoms with E-state index in [1.165, 1.54) is 19.2 Å². The van der Waals surface area contributed by atoms with Crippen molar-refractivity contribution in [3.8, 4) is 0 Å². The van der Waals surface area contributed by atoms with Gasteiger partial charge in [-0.3, -0.25) is 0 Å². The third kappa shape index (κ3) is 2.54. The van der Waals surface area contributed by atoms with Gasteiger partial charge in [-0.25, -0.2) is 4.39 Å². The maximum Gasteiger partial charge on any atom is 0.123 e. The molecule has 0 aliphatic carbocycles. The molecule has 70 valence electrons. The molecule has 0 bridgehead atoms. The van der Waals surface area contributed by atoms with E-state index in [1.807, 2.05) is 13.0 Å². The summed E-state index contributed by atoms with van der Waals surface area (Å²) < 4.78 is 12.8. The average Bonchev–Trinajstić information content (AvgIpc) is 2.14. The molecule has 13 heavy (non-hydrogen) atoms. The Morgan fingerprint density at radius 2 is 2.31 bits per heavy atom. The zero-order valence-electron chi connectivity index (χ0n) is 7.75. The summed E-state index contributed by atoms with van der Waals surface area (Å²) in [7, 11) is 1.48. The van der Waals surface area contributed by atoms with E-state index in [0.29, 0.717) is 0 Å². The molecule has 0 aliphatic rings. The van der Waals surface area contributed by atoms with Gasteiger partial charge in [-0.2, -0.15) is 0 Å². The van der Waals surface area contributed by atoms with Crippen LogP contribution in [0, 0.1) is 5.82 Å². The molecular formula is C10H12FNO. The second kappa shape index (κ2) is 4.60. The van der Waals surface area contributed by atoms with E-state index >= 15 is 0 Å². The number of oxime groups is 1. The summed E-state index contributed by atoms with van der Waals surface area (Å²) >= 11 is 0. The zero-order chi connectivity index (χ0) is 9.68. The van der Waals surface area contributed by atoms with E-state index in [0.717, 1.165) is 17.7 Å². The third-order valence-electron chi connectivity index (χ3n) is 1.69. The van der Waals surface area contributed by atoms with Crippen molar-refractivity contribution >= 4 is 5.71 Å². The lowest BCUT2D eigenvalue weighted by Crippen LogP contribution is -1.99. The normalized spacial score (nSPS) is 11.5. The lowest BCUT2D eigenvalue weighted by Gasteiger charge is -2.02. The fourth-order valence-electron chi connectivity index (χ4n) is 1.10. The van der Waals surface area contributed by atoms with Crippen LogP contribution in [0.15, 0.2) is 29.4 Å². The van der Waals surface area contributed by atoms with Gasteiger partial charge in [0.25, 0.3) is 0 Å². The van der Waals surface area contributed by atoms with E-state index in [-0.39, 0.29) is 5.82 Å². The van der Waals surface area contributed by atoms with Gasteiger partial charge in [0.05, 0.1) is 5.71 Å². The lowest BCUT2D eigenvalue weighted by atomic mass is 10.1. The van der Waals surface area contributed by atoms with Crippen molar-refractivity contribution in [1.82, 2.24) is 0 Å². The van der Waals surface area contributed by atoms with Crippen molar-refractivity contribution in [2.45, 2.75) is 13.3 Å². The average molecular weight is 181 g/mol. The Hall–Kier alpha value is -1.38. The van der Waals surface area contributed by atoms with Crippen LogP contribution in [0.1, 0.15) is 18.9 Å². The number of benzene rings is 1. The summed E-state index contributed by atoms with van der Waals surface area (Å²) in [6.45, 7) is 1.95. The van der Waals surface area contributed by atoms with Crippen molar-refractivity contribution in [3.63, 3.8) is 0 Å². The third-order valence-corrected chi connectivity index (χ3v) is 1.69. The second-order valence-corrected chi connectivity index (χ2v) is 2.58. The van der Waals surface area contributed by atoms with Gasteiger partial charge in [0.2, 0.25) is 0 Å². The first kappa shape index (κ1) is 9.71. The lowest BCUT2D eigenvalue weighted by molar-refractivity contribution is 0.213. The van der Waals surface area contributed by atoms with Crippen molar-refractivity contribution in [2.24, 2.45) is 5.16 Å². The van der Waals surface area contributed by atoms with Crippen molar-refractivity contribution < 1.29 is 9.23 Å². The number of nitrogens with zero attached hydrogens (tertiary/aromatic N) is 1. The molecule has 1 rings (SSSR count). The topological polar surface area (TPSA) is 21.6 Å². The highest BCUT2D eigenvalue weighted by Gasteiger charge is 2.02. The van der Waals surface area contributed by atoms with E-state index in [4.69, 9.17) is 0 Å². The highest BCUT2D eigenvalue weighted by molar-refractivity contribution is 5.99. The highest BCUT2D eigenvalue weighted by atomic mass is 19.1. The number of rotatable bonds is 3. The number of halogens is 1. The van der Waals surface area contributed by atoms with Crippen LogP contribution in [0.4, 0.5) is 4.39 Å². The van der Waals surface area contributed by atoms with Gasteiger partial charge >= 0.3 is 0 Å². The van der Waals surface area contributed by atoms with E-state index in [1.54, 1.807) is 6.07 Å². The van der Waals surface area contributed by atoms with Gasteiger partial charge in [0.15, 0.2) is 0 Å². The molecular weight excluding hydrogens is 169 g/mol. The molecule has 2 nitrogen and oxygen atoms in total. The molecule has 0 spiro atoms. The molecule has 0 fully saturated rings. The maximum atomic E-state index is 12.8. The highest BCUT2D eigenvalue weighted by Crippen LogP contribution is 2.07. The minimum absolute atomic E-state index is 0.255. The molecule has 0 N–H and O–H groups in total. The molecule has 0 unspecified atom stereocenters. The van der Waals surface area contributed by atoms with Crippen LogP contribution in [0.25, 0.3) is 0 Å². The first-order valence-corrected chi connectivity index (χ1v) is 4.14. The molecule has 1 aromatic rings. The largest absolute Gasteiger partial charge is 0.399 e. The van der Waals surface area contributed by atoms with Gasteiger partial charge in [0.1, 0.15) is 12.9 Å². The van der Waals surface area contributed by atoms with E-state index in [2.05, 4.69) is 9.99 Å². The van der Waals surface area contributed by atoms with Crippen LogP contribution in [0.2, 0.25) is 0 Å². The van der Waals surface area contributed by atoms with Crippen molar-refractivity contribution in [2.75, 3.05) is 7.11 Å². The quantitative estimate of drug-likeness (QED) is 0.518. The minimum atomic E-state index is -0.255. The fraction of sp³-hybridized carbons (Fsp3) is 0.300. The van der Waals surface area contributed by atoms with E-state index < -0.39 is 0 Å². The molecule has 0 saturated carbocycles. The smallest absolute Gasteiger partial charge is 0.123 e. The molecule has 0 heterocycles. The molecule has 0 atom stereocenters. The summed E-state index contributed by atoms with van der Waals surface area (Å²) in [5.41, 5.74) is 1.52. The Labute approximate surface area is 77.0 Å². The van der Waals surface area contributed by atoms with Crippen LogP contribution < -0.4 is 0 Å². The molecule has 3 heteroatoms. The summed E-state index contributed by atoms with van der Waals surface area (Å²) in [5.74, 6) is -0.255. The fourth-order valence-corrected chi connectivity index (χ4v) is 1.10. The Morgan fingerprint density at radius 3 is 2.85 bits per heavy atom.